The third-order valence-corrected chi connectivity index (χ3v) is 4.59. The number of hydrogen-bond donors (Lipinski definition) is 1. The van der Waals surface area contributed by atoms with Gasteiger partial charge in [-0.25, -0.2) is 4.98 Å². The number of aromatic nitrogens is 2. The van der Waals surface area contributed by atoms with Gasteiger partial charge >= 0.3 is 0 Å². The number of hydrogen-bond acceptors (Lipinski definition) is 3. The molecule has 0 spiro atoms. The van der Waals surface area contributed by atoms with Crippen LogP contribution < -0.4 is 5.73 Å². The van der Waals surface area contributed by atoms with Gasteiger partial charge in [0.05, 0.1) is 17.7 Å². The average molecular weight is 259 g/mol. The highest BCUT2D eigenvalue weighted by molar-refractivity contribution is 7.99. The maximum absolute atomic E-state index is 5.76. The van der Waals surface area contributed by atoms with E-state index in [1.54, 1.807) is 0 Å². The van der Waals surface area contributed by atoms with Crippen LogP contribution in [0.4, 0.5) is 0 Å². The van der Waals surface area contributed by atoms with E-state index in [0.29, 0.717) is 6.54 Å². The van der Waals surface area contributed by atoms with Gasteiger partial charge in [0, 0.05) is 24.1 Å². The Morgan fingerprint density at radius 1 is 1.44 bits per heavy atom. The molecule has 1 aliphatic rings. The summed E-state index contributed by atoms with van der Waals surface area (Å²) < 4.78 is 2.06. The molecule has 0 fully saturated rings. The lowest BCUT2D eigenvalue weighted by Gasteiger charge is -2.16. The molecule has 0 atom stereocenters. The van der Waals surface area contributed by atoms with Crippen molar-refractivity contribution in [1.82, 2.24) is 9.55 Å². The SMILES string of the molecule is Cn1cnc(CN)c1-c1ccc2c(c1)CCCS2. The molecule has 3 nitrogen and oxygen atoms in total. The molecule has 18 heavy (non-hydrogen) atoms. The lowest BCUT2D eigenvalue weighted by atomic mass is 10.0. The monoisotopic (exact) mass is 259 g/mol. The van der Waals surface area contributed by atoms with Crippen LogP contribution in [0.1, 0.15) is 17.7 Å². The first-order chi connectivity index (χ1) is 8.79. The Bertz CT molecular complexity index is 574. The highest BCUT2D eigenvalue weighted by Crippen LogP contribution is 2.33. The molecule has 1 aromatic heterocycles. The molecule has 0 saturated heterocycles. The predicted octanol–water partition coefficient (Wildman–Crippen LogP) is 2.58. The van der Waals surface area contributed by atoms with Crippen molar-refractivity contribution in [2.75, 3.05) is 5.75 Å². The second kappa shape index (κ2) is 4.78. The Morgan fingerprint density at radius 3 is 3.17 bits per heavy atom. The first kappa shape index (κ1) is 11.8. The maximum atomic E-state index is 5.76. The van der Waals surface area contributed by atoms with E-state index in [1.807, 2.05) is 25.1 Å². The van der Waals surface area contributed by atoms with Crippen molar-refractivity contribution in [3.63, 3.8) is 0 Å². The van der Waals surface area contributed by atoms with Crippen molar-refractivity contribution in [2.24, 2.45) is 12.8 Å². The van der Waals surface area contributed by atoms with Crippen LogP contribution in [0.15, 0.2) is 29.4 Å². The summed E-state index contributed by atoms with van der Waals surface area (Å²) in [5.41, 5.74) is 10.6. The number of nitrogens with two attached hydrogens (primary N) is 1. The number of nitrogens with zero attached hydrogens (tertiary/aromatic N) is 2. The zero-order chi connectivity index (χ0) is 12.5. The van der Waals surface area contributed by atoms with Gasteiger partial charge in [0.25, 0.3) is 0 Å². The Balaban J connectivity index is 2.09. The molecule has 2 heterocycles. The summed E-state index contributed by atoms with van der Waals surface area (Å²) in [6.07, 6.45) is 4.30. The van der Waals surface area contributed by atoms with Crippen molar-refractivity contribution in [2.45, 2.75) is 24.3 Å². The molecule has 0 saturated carbocycles. The van der Waals surface area contributed by atoms with Gasteiger partial charge in [-0.2, -0.15) is 0 Å². The van der Waals surface area contributed by atoms with E-state index in [-0.39, 0.29) is 0 Å². The van der Waals surface area contributed by atoms with Gasteiger partial charge in [0.1, 0.15) is 0 Å². The Morgan fingerprint density at radius 2 is 2.33 bits per heavy atom. The molecule has 4 heteroatoms. The lowest BCUT2D eigenvalue weighted by molar-refractivity contribution is 0.886. The molecule has 0 amide bonds. The summed E-state index contributed by atoms with van der Waals surface area (Å²) in [6.45, 7) is 0.488. The van der Waals surface area contributed by atoms with E-state index >= 15 is 0 Å². The van der Waals surface area contributed by atoms with Crippen LogP contribution in [0.5, 0.6) is 0 Å². The fourth-order valence-electron chi connectivity index (χ4n) is 2.51. The van der Waals surface area contributed by atoms with E-state index in [9.17, 15) is 0 Å². The largest absolute Gasteiger partial charge is 0.333 e. The molecular weight excluding hydrogens is 242 g/mol. The summed E-state index contributed by atoms with van der Waals surface area (Å²) in [5.74, 6) is 1.24. The van der Waals surface area contributed by atoms with Crippen molar-refractivity contribution < 1.29 is 0 Å². The molecule has 0 unspecified atom stereocenters. The van der Waals surface area contributed by atoms with Crippen molar-refractivity contribution in [3.05, 3.63) is 35.8 Å². The molecular formula is C14H17N3S. The van der Waals surface area contributed by atoms with Gasteiger partial charge in [-0.15, -0.1) is 11.8 Å². The molecule has 1 aromatic carbocycles. The fourth-order valence-corrected chi connectivity index (χ4v) is 3.53. The zero-order valence-corrected chi connectivity index (χ0v) is 11.3. The zero-order valence-electron chi connectivity index (χ0n) is 10.5. The predicted molar refractivity (Wildman–Crippen MR) is 75.6 cm³/mol. The summed E-state index contributed by atoms with van der Waals surface area (Å²) in [7, 11) is 2.02. The minimum absolute atomic E-state index is 0.488. The van der Waals surface area contributed by atoms with E-state index in [0.717, 1.165) is 11.4 Å². The number of aryl methyl sites for hydroxylation is 2. The molecule has 94 valence electrons. The second-order valence-corrected chi connectivity index (χ2v) is 5.77. The van der Waals surface area contributed by atoms with Gasteiger partial charge in [-0.1, -0.05) is 6.07 Å². The minimum atomic E-state index is 0.488. The van der Waals surface area contributed by atoms with Gasteiger partial charge < -0.3 is 10.3 Å². The van der Waals surface area contributed by atoms with Gasteiger partial charge in [-0.3, -0.25) is 0 Å². The van der Waals surface area contributed by atoms with E-state index in [4.69, 9.17) is 5.73 Å². The number of benzene rings is 1. The highest BCUT2D eigenvalue weighted by Gasteiger charge is 2.14. The highest BCUT2D eigenvalue weighted by atomic mass is 32.2. The van der Waals surface area contributed by atoms with Crippen LogP contribution in [0.2, 0.25) is 0 Å². The van der Waals surface area contributed by atoms with E-state index in [1.165, 1.54) is 34.6 Å². The smallest absolute Gasteiger partial charge is 0.0952 e. The Hall–Kier alpha value is -1.26. The minimum Gasteiger partial charge on any atom is -0.333 e. The van der Waals surface area contributed by atoms with Crippen LogP contribution in [0.3, 0.4) is 0 Å². The molecule has 2 N–H and O–H groups in total. The third kappa shape index (κ3) is 1.95. The summed E-state index contributed by atoms with van der Waals surface area (Å²) >= 11 is 1.96. The number of imidazole rings is 1. The normalized spacial score (nSPS) is 14.6. The van der Waals surface area contributed by atoms with Gasteiger partial charge in [0.2, 0.25) is 0 Å². The van der Waals surface area contributed by atoms with Crippen LogP contribution in [-0.2, 0) is 20.0 Å². The summed E-state index contributed by atoms with van der Waals surface area (Å²) in [5, 5.41) is 0. The van der Waals surface area contributed by atoms with E-state index < -0.39 is 0 Å². The van der Waals surface area contributed by atoms with Crippen molar-refractivity contribution in [1.29, 1.82) is 0 Å². The van der Waals surface area contributed by atoms with Crippen LogP contribution in [-0.4, -0.2) is 15.3 Å². The first-order valence-corrected chi connectivity index (χ1v) is 7.24. The average Bonchev–Trinajstić information content (AvgIpc) is 2.79. The molecule has 3 rings (SSSR count). The topological polar surface area (TPSA) is 43.8 Å². The van der Waals surface area contributed by atoms with Gasteiger partial charge in [-0.05, 0) is 36.3 Å². The number of rotatable bonds is 2. The molecule has 0 bridgehead atoms. The number of thioether (sulfide) groups is 1. The Kier molecular flexibility index (Phi) is 3.14. The number of fused-ring (bicyclic) bond motifs is 1. The summed E-state index contributed by atoms with van der Waals surface area (Å²) in [4.78, 5) is 5.79. The maximum Gasteiger partial charge on any atom is 0.0952 e. The van der Waals surface area contributed by atoms with Crippen molar-refractivity contribution in [3.8, 4) is 11.3 Å². The lowest BCUT2D eigenvalue weighted by Crippen LogP contribution is -2.02. The van der Waals surface area contributed by atoms with Gasteiger partial charge in [0.15, 0.2) is 0 Å². The first-order valence-electron chi connectivity index (χ1n) is 6.26. The quantitative estimate of drug-likeness (QED) is 0.901. The molecule has 1 aliphatic heterocycles. The molecule has 0 aliphatic carbocycles. The molecule has 0 radical (unpaired) electrons. The third-order valence-electron chi connectivity index (χ3n) is 3.39. The van der Waals surface area contributed by atoms with E-state index in [2.05, 4.69) is 27.8 Å². The van der Waals surface area contributed by atoms with Crippen LogP contribution in [0.25, 0.3) is 11.3 Å². The standard InChI is InChI=1S/C14H17N3S/c1-17-9-16-12(8-15)14(17)11-4-5-13-10(7-11)3-2-6-18-13/h4-5,7,9H,2-3,6,8,15H2,1H3. The molecule has 2 aromatic rings. The Labute approximate surface area is 111 Å². The fraction of sp³-hybridized carbons (Fsp3) is 0.357. The van der Waals surface area contributed by atoms with Crippen LogP contribution >= 0.6 is 11.8 Å². The van der Waals surface area contributed by atoms with Crippen LogP contribution in [0, 0.1) is 0 Å². The summed E-state index contributed by atoms with van der Waals surface area (Å²) in [6, 6.07) is 6.73. The second-order valence-electron chi connectivity index (χ2n) is 4.63. The van der Waals surface area contributed by atoms with Crippen molar-refractivity contribution >= 4 is 11.8 Å².